The number of cyclic esters (lactones) is 1. The maximum Gasteiger partial charge on any atom is 0.318 e. The number of hydrogen-bond acceptors (Lipinski definition) is 2. The summed E-state index contributed by atoms with van der Waals surface area (Å²) >= 11 is 0. The van der Waals surface area contributed by atoms with Gasteiger partial charge in [0.2, 0.25) is 0 Å². The summed E-state index contributed by atoms with van der Waals surface area (Å²) < 4.78 is 4.77. The Balaban J connectivity index is 2.07. The average molecular weight is 164 g/mol. The van der Waals surface area contributed by atoms with Crippen molar-refractivity contribution in [3.8, 4) is 0 Å². The van der Waals surface area contributed by atoms with Gasteiger partial charge in [0.25, 0.3) is 0 Å². The van der Waals surface area contributed by atoms with Crippen molar-refractivity contribution in [2.24, 2.45) is 11.8 Å². The van der Waals surface area contributed by atoms with Gasteiger partial charge in [-0.05, 0) is 31.3 Å². The van der Waals surface area contributed by atoms with Crippen molar-refractivity contribution in [2.75, 3.05) is 0 Å². The van der Waals surface area contributed by atoms with Crippen LogP contribution in [0.5, 0.6) is 0 Å². The molecule has 0 fully saturated rings. The molecule has 2 nitrogen and oxygen atoms in total. The first-order chi connectivity index (χ1) is 5.88. The van der Waals surface area contributed by atoms with E-state index in [4.69, 9.17) is 4.74 Å². The normalized spacial score (nSPS) is 33.8. The zero-order chi connectivity index (χ0) is 8.39. The third-order valence-corrected chi connectivity index (χ3v) is 2.50. The van der Waals surface area contributed by atoms with E-state index in [9.17, 15) is 4.79 Å². The van der Waals surface area contributed by atoms with E-state index in [0.29, 0.717) is 5.92 Å². The number of allylic oxidation sites excluding steroid dienone is 2. The SMILES string of the molecule is O=C1OC=CC1C1C=CCCC1. The van der Waals surface area contributed by atoms with E-state index in [1.807, 2.05) is 6.08 Å². The molecule has 0 aromatic heterocycles. The highest BCUT2D eigenvalue weighted by molar-refractivity contribution is 5.77. The van der Waals surface area contributed by atoms with Crippen molar-refractivity contribution in [3.05, 3.63) is 24.5 Å². The lowest BCUT2D eigenvalue weighted by Crippen LogP contribution is -2.19. The van der Waals surface area contributed by atoms with Gasteiger partial charge in [0.15, 0.2) is 0 Å². The summed E-state index contributed by atoms with van der Waals surface area (Å²) in [5.74, 6) is 0.276. The molecule has 0 saturated heterocycles. The summed E-state index contributed by atoms with van der Waals surface area (Å²) in [6.07, 6.45) is 11.1. The summed E-state index contributed by atoms with van der Waals surface area (Å²) in [7, 11) is 0. The molecule has 2 heteroatoms. The van der Waals surface area contributed by atoms with Gasteiger partial charge in [-0.3, -0.25) is 4.79 Å². The molecule has 1 aliphatic carbocycles. The quantitative estimate of drug-likeness (QED) is 0.438. The van der Waals surface area contributed by atoms with Crippen LogP contribution >= 0.6 is 0 Å². The van der Waals surface area contributed by atoms with Gasteiger partial charge in [0.1, 0.15) is 0 Å². The van der Waals surface area contributed by atoms with Crippen LogP contribution in [0.15, 0.2) is 24.5 Å². The molecule has 1 heterocycles. The lowest BCUT2D eigenvalue weighted by Gasteiger charge is -2.18. The Labute approximate surface area is 71.9 Å². The van der Waals surface area contributed by atoms with Crippen LogP contribution in [0.2, 0.25) is 0 Å². The van der Waals surface area contributed by atoms with Crippen LogP contribution in [0.3, 0.4) is 0 Å². The van der Waals surface area contributed by atoms with Crippen molar-refractivity contribution < 1.29 is 9.53 Å². The fraction of sp³-hybridized carbons (Fsp3) is 0.500. The molecule has 64 valence electrons. The second kappa shape index (κ2) is 3.13. The third kappa shape index (κ3) is 1.29. The number of rotatable bonds is 1. The van der Waals surface area contributed by atoms with Gasteiger partial charge in [0.05, 0.1) is 12.2 Å². The minimum atomic E-state index is -0.0912. The highest BCUT2D eigenvalue weighted by atomic mass is 16.5. The molecule has 0 N–H and O–H groups in total. The maximum atomic E-state index is 11.2. The molecule has 2 atom stereocenters. The Morgan fingerprint density at radius 3 is 2.92 bits per heavy atom. The van der Waals surface area contributed by atoms with Crippen molar-refractivity contribution >= 4 is 5.97 Å². The second-order valence-corrected chi connectivity index (χ2v) is 3.31. The van der Waals surface area contributed by atoms with Gasteiger partial charge in [0, 0.05) is 0 Å². The highest BCUT2D eigenvalue weighted by Crippen LogP contribution is 2.29. The smallest absolute Gasteiger partial charge is 0.318 e. The first kappa shape index (κ1) is 7.59. The summed E-state index contributed by atoms with van der Waals surface area (Å²) in [6.45, 7) is 0. The zero-order valence-electron chi connectivity index (χ0n) is 6.90. The van der Waals surface area contributed by atoms with Gasteiger partial charge < -0.3 is 4.74 Å². The standard InChI is InChI=1S/C10H12O2/c11-10-9(6-7-12-10)8-4-2-1-3-5-8/h2,4,6-9H,1,3,5H2. The molecule has 1 aliphatic heterocycles. The molecule has 0 saturated carbocycles. The van der Waals surface area contributed by atoms with Crippen LogP contribution in [-0.2, 0) is 9.53 Å². The van der Waals surface area contributed by atoms with Crippen LogP contribution in [-0.4, -0.2) is 5.97 Å². The van der Waals surface area contributed by atoms with Crippen molar-refractivity contribution in [2.45, 2.75) is 19.3 Å². The predicted octanol–water partition coefficient (Wildman–Crippen LogP) is 2.03. The minimum Gasteiger partial charge on any atom is -0.434 e. The Bertz CT molecular complexity index is 240. The Kier molecular flexibility index (Phi) is 1.98. The average Bonchev–Trinajstić information content (AvgIpc) is 2.53. The topological polar surface area (TPSA) is 26.3 Å². The van der Waals surface area contributed by atoms with E-state index in [1.165, 1.54) is 12.7 Å². The van der Waals surface area contributed by atoms with Gasteiger partial charge in [-0.1, -0.05) is 12.2 Å². The molecule has 12 heavy (non-hydrogen) atoms. The van der Waals surface area contributed by atoms with Crippen LogP contribution in [0, 0.1) is 11.8 Å². The van der Waals surface area contributed by atoms with Crippen LogP contribution in [0.4, 0.5) is 0 Å². The summed E-state index contributed by atoms with van der Waals surface area (Å²) in [4.78, 5) is 11.2. The monoisotopic (exact) mass is 164 g/mol. The molecule has 0 aromatic carbocycles. The van der Waals surface area contributed by atoms with Gasteiger partial charge in [-0.15, -0.1) is 0 Å². The number of hydrogen-bond donors (Lipinski definition) is 0. The third-order valence-electron chi connectivity index (χ3n) is 2.50. The Morgan fingerprint density at radius 2 is 2.33 bits per heavy atom. The van der Waals surface area contributed by atoms with Crippen LogP contribution in [0.1, 0.15) is 19.3 Å². The van der Waals surface area contributed by atoms with E-state index in [0.717, 1.165) is 12.8 Å². The Hall–Kier alpha value is -1.05. The Morgan fingerprint density at radius 1 is 1.42 bits per heavy atom. The molecule has 0 radical (unpaired) electrons. The van der Waals surface area contributed by atoms with Crippen molar-refractivity contribution in [1.82, 2.24) is 0 Å². The molecule has 2 unspecified atom stereocenters. The maximum absolute atomic E-state index is 11.2. The van der Waals surface area contributed by atoms with Gasteiger partial charge in [-0.2, -0.15) is 0 Å². The van der Waals surface area contributed by atoms with E-state index in [1.54, 1.807) is 0 Å². The number of carbonyl (C=O) groups is 1. The molecule has 0 bridgehead atoms. The lowest BCUT2D eigenvalue weighted by atomic mass is 9.85. The molecule has 0 spiro atoms. The number of esters is 1. The molecular weight excluding hydrogens is 152 g/mol. The predicted molar refractivity (Wildman–Crippen MR) is 45.2 cm³/mol. The molecular formula is C10H12O2. The fourth-order valence-electron chi connectivity index (χ4n) is 1.80. The molecule has 2 aliphatic rings. The molecule has 0 aromatic rings. The molecule has 2 rings (SSSR count). The van der Waals surface area contributed by atoms with E-state index >= 15 is 0 Å². The van der Waals surface area contributed by atoms with Crippen molar-refractivity contribution in [1.29, 1.82) is 0 Å². The summed E-state index contributed by atoms with van der Waals surface area (Å²) in [6, 6.07) is 0. The first-order valence-corrected chi connectivity index (χ1v) is 4.42. The molecule has 0 amide bonds. The second-order valence-electron chi connectivity index (χ2n) is 3.31. The van der Waals surface area contributed by atoms with E-state index in [2.05, 4.69) is 12.2 Å². The summed E-state index contributed by atoms with van der Waals surface area (Å²) in [5, 5.41) is 0. The van der Waals surface area contributed by atoms with E-state index in [-0.39, 0.29) is 11.9 Å². The zero-order valence-corrected chi connectivity index (χ0v) is 6.90. The van der Waals surface area contributed by atoms with Gasteiger partial charge in [-0.25, -0.2) is 0 Å². The van der Waals surface area contributed by atoms with Gasteiger partial charge >= 0.3 is 5.97 Å². The van der Waals surface area contributed by atoms with E-state index < -0.39 is 0 Å². The van der Waals surface area contributed by atoms with Crippen molar-refractivity contribution in [3.63, 3.8) is 0 Å². The fourth-order valence-corrected chi connectivity index (χ4v) is 1.80. The largest absolute Gasteiger partial charge is 0.434 e. The number of carbonyl (C=O) groups excluding carboxylic acids is 1. The lowest BCUT2D eigenvalue weighted by molar-refractivity contribution is -0.139. The first-order valence-electron chi connectivity index (χ1n) is 4.42. The highest BCUT2D eigenvalue weighted by Gasteiger charge is 2.29. The van der Waals surface area contributed by atoms with Crippen LogP contribution < -0.4 is 0 Å². The number of ether oxygens (including phenoxy) is 1. The van der Waals surface area contributed by atoms with Crippen LogP contribution in [0.25, 0.3) is 0 Å². The minimum absolute atomic E-state index is 0.0125. The summed E-state index contributed by atoms with van der Waals surface area (Å²) in [5.41, 5.74) is 0.